The smallest absolute Gasteiger partial charge is 0.259 e. The van der Waals surface area contributed by atoms with E-state index in [2.05, 4.69) is 38.8 Å². The van der Waals surface area contributed by atoms with E-state index in [0.717, 1.165) is 28.2 Å². The normalized spacial score (nSPS) is 12.0. The molecule has 0 saturated carbocycles. The van der Waals surface area contributed by atoms with Crippen LogP contribution in [0.5, 0.6) is 0 Å². The highest BCUT2D eigenvalue weighted by atomic mass is 16.1. The molecule has 0 aliphatic rings. The Morgan fingerprint density at radius 2 is 1.90 bits per heavy atom. The minimum absolute atomic E-state index is 0.101. The minimum atomic E-state index is -0.499. The van der Waals surface area contributed by atoms with Crippen LogP contribution in [-0.4, -0.2) is 35.0 Å². The maximum atomic E-state index is 13.4. The van der Waals surface area contributed by atoms with E-state index in [1.807, 2.05) is 67.0 Å². The number of pyridine rings is 1. The SMILES string of the molecule is C=C/C=C(/C#Cc1ccncc1)c1c(C)nc([C@H](C)NC(=O)c2c(N)nn3cccnc23)n1-c1ccccc1. The highest BCUT2D eigenvalue weighted by molar-refractivity contribution is 6.04. The molecule has 0 bridgehead atoms. The van der Waals surface area contributed by atoms with Crippen molar-refractivity contribution in [1.29, 1.82) is 0 Å². The molecule has 1 aromatic carbocycles. The summed E-state index contributed by atoms with van der Waals surface area (Å²) in [6.45, 7) is 7.68. The van der Waals surface area contributed by atoms with Crippen molar-refractivity contribution in [2.45, 2.75) is 19.9 Å². The Balaban J connectivity index is 1.59. The van der Waals surface area contributed by atoms with Crippen molar-refractivity contribution in [3.8, 4) is 17.5 Å². The first-order valence-corrected chi connectivity index (χ1v) is 12.3. The zero-order chi connectivity index (χ0) is 27.4. The number of aromatic nitrogens is 6. The number of nitrogens with one attached hydrogen (secondary N) is 1. The number of anilines is 1. The van der Waals surface area contributed by atoms with Crippen LogP contribution < -0.4 is 11.1 Å². The van der Waals surface area contributed by atoms with Gasteiger partial charge in [-0.25, -0.2) is 14.5 Å². The van der Waals surface area contributed by atoms with Gasteiger partial charge in [-0.15, -0.1) is 5.10 Å². The summed E-state index contributed by atoms with van der Waals surface area (Å²) < 4.78 is 3.49. The zero-order valence-electron chi connectivity index (χ0n) is 21.5. The van der Waals surface area contributed by atoms with Gasteiger partial charge in [-0.3, -0.25) is 14.3 Å². The average molecular weight is 515 g/mol. The fourth-order valence-electron chi connectivity index (χ4n) is 4.32. The van der Waals surface area contributed by atoms with E-state index in [0.29, 0.717) is 11.5 Å². The number of nitrogens with zero attached hydrogens (tertiary/aromatic N) is 6. The van der Waals surface area contributed by atoms with Crippen molar-refractivity contribution in [2.75, 3.05) is 5.73 Å². The second kappa shape index (κ2) is 10.9. The monoisotopic (exact) mass is 514 g/mol. The molecule has 1 amide bonds. The summed E-state index contributed by atoms with van der Waals surface area (Å²) in [6.07, 6.45) is 10.2. The van der Waals surface area contributed by atoms with Crippen LogP contribution >= 0.6 is 0 Å². The molecule has 5 aromatic rings. The molecule has 0 unspecified atom stereocenters. The summed E-state index contributed by atoms with van der Waals surface area (Å²) in [5.74, 6) is 6.81. The van der Waals surface area contributed by atoms with Crippen LogP contribution in [0.4, 0.5) is 5.82 Å². The van der Waals surface area contributed by atoms with E-state index in [9.17, 15) is 4.79 Å². The highest BCUT2D eigenvalue weighted by Crippen LogP contribution is 2.29. The lowest BCUT2D eigenvalue weighted by molar-refractivity contribution is 0.0940. The van der Waals surface area contributed by atoms with Gasteiger partial charge in [0.15, 0.2) is 11.5 Å². The number of imidazole rings is 1. The molecule has 192 valence electrons. The predicted molar refractivity (Wildman–Crippen MR) is 151 cm³/mol. The lowest BCUT2D eigenvalue weighted by atomic mass is 10.1. The number of nitrogens with two attached hydrogens (primary N) is 1. The topological polar surface area (TPSA) is 116 Å². The molecule has 0 saturated heterocycles. The number of fused-ring (bicyclic) bond motifs is 1. The van der Waals surface area contributed by atoms with Crippen molar-refractivity contribution in [3.05, 3.63) is 120 Å². The van der Waals surface area contributed by atoms with E-state index < -0.39 is 11.9 Å². The molecule has 4 aromatic heterocycles. The third-order valence-electron chi connectivity index (χ3n) is 6.04. The Hall–Kier alpha value is -5.49. The molecule has 0 radical (unpaired) electrons. The second-order valence-corrected chi connectivity index (χ2v) is 8.72. The van der Waals surface area contributed by atoms with E-state index in [4.69, 9.17) is 10.7 Å². The molecule has 39 heavy (non-hydrogen) atoms. The maximum Gasteiger partial charge on any atom is 0.259 e. The molecule has 5 rings (SSSR count). The molecule has 4 heterocycles. The molecule has 0 fully saturated rings. The fraction of sp³-hybridized carbons (Fsp3) is 0.100. The third kappa shape index (κ3) is 5.04. The number of hydrogen-bond donors (Lipinski definition) is 2. The maximum absolute atomic E-state index is 13.4. The van der Waals surface area contributed by atoms with Gasteiger partial charge >= 0.3 is 0 Å². The van der Waals surface area contributed by atoms with Gasteiger partial charge in [0, 0.05) is 36.0 Å². The highest BCUT2D eigenvalue weighted by Gasteiger charge is 2.26. The second-order valence-electron chi connectivity index (χ2n) is 8.72. The molecular weight excluding hydrogens is 488 g/mol. The molecule has 3 N–H and O–H groups in total. The number of allylic oxidation sites excluding steroid dienone is 3. The first-order chi connectivity index (χ1) is 19.0. The standard InChI is InChI=1S/C30H26N8O/c1-4-9-23(13-12-22-14-17-32-18-15-22)26-20(2)34-28(38(26)24-10-6-5-7-11-24)21(3)35-30(39)25-27(31)36-37-19-8-16-33-29(25)37/h4-11,14-19,21H,1H2,2-3H3,(H2,31,36)(H,35,39)/b23-9-/t21-/m0/s1. The number of amides is 1. The summed E-state index contributed by atoms with van der Waals surface area (Å²) in [7, 11) is 0. The molecule has 0 spiro atoms. The van der Waals surface area contributed by atoms with Crippen LogP contribution in [-0.2, 0) is 0 Å². The van der Waals surface area contributed by atoms with Crippen LogP contribution in [0.25, 0.3) is 16.9 Å². The number of nitrogen functional groups attached to an aromatic ring is 1. The van der Waals surface area contributed by atoms with E-state index in [1.165, 1.54) is 4.52 Å². The summed E-state index contributed by atoms with van der Waals surface area (Å²) in [5, 5.41) is 7.23. The molecule has 1 atom stereocenters. The lowest BCUT2D eigenvalue weighted by Crippen LogP contribution is -2.29. The summed E-state index contributed by atoms with van der Waals surface area (Å²) in [5.41, 5.74) is 10.7. The van der Waals surface area contributed by atoms with Crippen molar-refractivity contribution in [2.24, 2.45) is 0 Å². The molecule has 0 aliphatic heterocycles. The van der Waals surface area contributed by atoms with Crippen molar-refractivity contribution in [3.63, 3.8) is 0 Å². The van der Waals surface area contributed by atoms with Crippen LogP contribution in [0.3, 0.4) is 0 Å². The van der Waals surface area contributed by atoms with Gasteiger partial charge in [0.05, 0.1) is 23.0 Å². The molecule has 9 nitrogen and oxygen atoms in total. The fourth-order valence-corrected chi connectivity index (χ4v) is 4.32. The van der Waals surface area contributed by atoms with Crippen LogP contribution in [0, 0.1) is 18.8 Å². The van der Waals surface area contributed by atoms with Crippen LogP contribution in [0.15, 0.2) is 92.0 Å². The van der Waals surface area contributed by atoms with Gasteiger partial charge < -0.3 is 11.1 Å². The first kappa shape index (κ1) is 25.2. The quantitative estimate of drug-likeness (QED) is 0.258. The van der Waals surface area contributed by atoms with Crippen molar-refractivity contribution in [1.82, 2.24) is 34.4 Å². The number of benzene rings is 1. The Kier molecular flexibility index (Phi) is 7.01. The number of rotatable bonds is 6. The van der Waals surface area contributed by atoms with Gasteiger partial charge in [-0.2, -0.15) is 0 Å². The summed E-state index contributed by atoms with van der Waals surface area (Å²) >= 11 is 0. The lowest BCUT2D eigenvalue weighted by Gasteiger charge is -2.18. The molecular formula is C30H26N8O. The van der Waals surface area contributed by atoms with Crippen molar-refractivity contribution >= 4 is 22.9 Å². The van der Waals surface area contributed by atoms with E-state index in [1.54, 1.807) is 36.9 Å². The van der Waals surface area contributed by atoms with Crippen LogP contribution in [0.1, 0.15) is 46.1 Å². The molecule has 9 heteroatoms. The van der Waals surface area contributed by atoms with Crippen LogP contribution in [0.2, 0.25) is 0 Å². The van der Waals surface area contributed by atoms with Gasteiger partial charge in [-0.05, 0) is 50.3 Å². The number of carbonyl (C=O) groups excluding carboxylic acids is 1. The molecule has 0 aliphatic carbocycles. The van der Waals surface area contributed by atoms with Gasteiger partial charge in [0.25, 0.3) is 5.91 Å². The number of carbonyl (C=O) groups is 1. The first-order valence-electron chi connectivity index (χ1n) is 12.3. The van der Waals surface area contributed by atoms with Crippen molar-refractivity contribution < 1.29 is 4.79 Å². The Morgan fingerprint density at radius 3 is 2.64 bits per heavy atom. The predicted octanol–water partition coefficient (Wildman–Crippen LogP) is 4.31. The van der Waals surface area contributed by atoms with Gasteiger partial charge in [0.2, 0.25) is 0 Å². The number of hydrogen-bond acceptors (Lipinski definition) is 6. The number of aryl methyl sites for hydroxylation is 1. The minimum Gasteiger partial charge on any atom is -0.381 e. The Bertz CT molecular complexity index is 1750. The van der Waals surface area contributed by atoms with E-state index >= 15 is 0 Å². The largest absolute Gasteiger partial charge is 0.381 e. The zero-order valence-corrected chi connectivity index (χ0v) is 21.5. The third-order valence-corrected chi connectivity index (χ3v) is 6.04. The Morgan fingerprint density at radius 1 is 1.13 bits per heavy atom. The number of para-hydroxylation sites is 1. The summed E-state index contributed by atoms with van der Waals surface area (Å²) in [6, 6.07) is 14.7. The summed E-state index contributed by atoms with van der Waals surface area (Å²) in [4.78, 5) is 26.6. The van der Waals surface area contributed by atoms with Gasteiger partial charge in [-0.1, -0.05) is 42.7 Å². The van der Waals surface area contributed by atoms with E-state index in [-0.39, 0.29) is 11.4 Å². The average Bonchev–Trinajstić information content (AvgIpc) is 3.48. The van der Waals surface area contributed by atoms with Gasteiger partial charge in [0.1, 0.15) is 11.4 Å². The Labute approximate surface area is 225 Å².